The van der Waals surface area contributed by atoms with Crippen molar-refractivity contribution in [3.05, 3.63) is 36.8 Å². The Labute approximate surface area is 118 Å². The van der Waals surface area contributed by atoms with Crippen molar-refractivity contribution >= 4 is 11.5 Å². The third-order valence-electron chi connectivity index (χ3n) is 3.69. The Kier molecular flexibility index (Phi) is 3.83. The molecule has 1 aliphatic heterocycles. The van der Waals surface area contributed by atoms with Gasteiger partial charge in [-0.25, -0.2) is 4.98 Å². The van der Waals surface area contributed by atoms with Crippen LogP contribution in [0.1, 0.15) is 0 Å². The molecule has 0 radical (unpaired) electrons. The zero-order valence-corrected chi connectivity index (χ0v) is 11.5. The molecule has 0 aromatic carbocycles. The number of nitrogens with zero attached hydrogens (tertiary/aromatic N) is 5. The lowest BCUT2D eigenvalue weighted by Gasteiger charge is -2.35. The van der Waals surface area contributed by atoms with E-state index in [1.807, 2.05) is 35.3 Å². The van der Waals surface area contributed by atoms with Gasteiger partial charge in [-0.3, -0.25) is 9.58 Å². The van der Waals surface area contributed by atoms with E-state index in [-0.39, 0.29) is 0 Å². The number of aromatic nitrogens is 3. The highest BCUT2D eigenvalue weighted by Gasteiger charge is 2.19. The number of hydrogen-bond acceptors (Lipinski definition) is 5. The van der Waals surface area contributed by atoms with Gasteiger partial charge >= 0.3 is 0 Å². The minimum Gasteiger partial charge on any atom is -0.396 e. The maximum atomic E-state index is 5.98. The molecule has 6 heteroatoms. The standard InChI is InChI=1S/C14H20N6/c15-13-3-1-4-16-14(13)19-10-7-18(8-11-19)9-12-20-6-2-5-17-20/h1-6H,7-12,15H2. The van der Waals surface area contributed by atoms with Crippen LogP contribution >= 0.6 is 0 Å². The topological polar surface area (TPSA) is 63.2 Å². The van der Waals surface area contributed by atoms with E-state index in [0.717, 1.165) is 50.8 Å². The second-order valence-corrected chi connectivity index (χ2v) is 5.01. The van der Waals surface area contributed by atoms with Gasteiger partial charge in [-0.05, 0) is 18.2 Å². The maximum absolute atomic E-state index is 5.98. The molecule has 0 amide bonds. The number of anilines is 2. The quantitative estimate of drug-likeness (QED) is 0.887. The van der Waals surface area contributed by atoms with Gasteiger partial charge in [-0.1, -0.05) is 0 Å². The predicted octanol–water partition coefficient (Wildman–Crippen LogP) is 0.682. The van der Waals surface area contributed by atoms with Crippen molar-refractivity contribution in [1.82, 2.24) is 19.7 Å². The summed E-state index contributed by atoms with van der Waals surface area (Å²) in [5, 5.41) is 4.23. The summed E-state index contributed by atoms with van der Waals surface area (Å²) in [6.07, 6.45) is 5.63. The summed E-state index contributed by atoms with van der Waals surface area (Å²) in [4.78, 5) is 9.10. The van der Waals surface area contributed by atoms with Crippen LogP contribution in [0.5, 0.6) is 0 Å². The minimum absolute atomic E-state index is 0.762. The monoisotopic (exact) mass is 272 g/mol. The van der Waals surface area contributed by atoms with Crippen molar-refractivity contribution in [2.45, 2.75) is 6.54 Å². The Balaban J connectivity index is 1.51. The van der Waals surface area contributed by atoms with E-state index < -0.39 is 0 Å². The van der Waals surface area contributed by atoms with Crippen LogP contribution < -0.4 is 10.6 Å². The van der Waals surface area contributed by atoms with Gasteiger partial charge in [0.05, 0.1) is 12.2 Å². The Morgan fingerprint density at radius 3 is 2.60 bits per heavy atom. The number of nitrogens with two attached hydrogens (primary N) is 1. The fourth-order valence-corrected chi connectivity index (χ4v) is 2.53. The molecule has 1 saturated heterocycles. The Bertz CT molecular complexity index is 530. The van der Waals surface area contributed by atoms with Crippen LogP contribution in [0.2, 0.25) is 0 Å². The van der Waals surface area contributed by atoms with Crippen molar-refractivity contribution in [2.24, 2.45) is 0 Å². The molecule has 2 aromatic rings. The van der Waals surface area contributed by atoms with Crippen LogP contribution in [0.15, 0.2) is 36.8 Å². The zero-order valence-electron chi connectivity index (χ0n) is 11.5. The van der Waals surface area contributed by atoms with Crippen LogP contribution in [0.3, 0.4) is 0 Å². The van der Waals surface area contributed by atoms with Gasteiger partial charge in [-0.15, -0.1) is 0 Å². The fraction of sp³-hybridized carbons (Fsp3) is 0.429. The molecule has 0 spiro atoms. The highest BCUT2D eigenvalue weighted by atomic mass is 15.3. The molecule has 6 nitrogen and oxygen atoms in total. The third-order valence-corrected chi connectivity index (χ3v) is 3.69. The highest BCUT2D eigenvalue weighted by Crippen LogP contribution is 2.20. The average Bonchev–Trinajstić information content (AvgIpc) is 3.00. The lowest BCUT2D eigenvalue weighted by molar-refractivity contribution is 0.244. The number of piperazine rings is 1. The van der Waals surface area contributed by atoms with E-state index in [1.165, 1.54) is 0 Å². The van der Waals surface area contributed by atoms with E-state index in [1.54, 1.807) is 6.20 Å². The highest BCUT2D eigenvalue weighted by molar-refractivity contribution is 5.62. The van der Waals surface area contributed by atoms with Crippen LogP contribution in [0.4, 0.5) is 11.5 Å². The van der Waals surface area contributed by atoms with Gasteiger partial charge in [-0.2, -0.15) is 5.10 Å². The molecular weight excluding hydrogens is 252 g/mol. The largest absolute Gasteiger partial charge is 0.396 e. The number of nitrogen functional groups attached to an aromatic ring is 1. The van der Waals surface area contributed by atoms with Gasteiger partial charge in [0, 0.05) is 51.3 Å². The number of rotatable bonds is 4. The molecule has 1 fully saturated rings. The second kappa shape index (κ2) is 5.92. The predicted molar refractivity (Wildman–Crippen MR) is 79.5 cm³/mol. The lowest BCUT2D eigenvalue weighted by atomic mass is 10.3. The smallest absolute Gasteiger partial charge is 0.151 e. The van der Waals surface area contributed by atoms with Gasteiger partial charge < -0.3 is 10.6 Å². The molecule has 1 aliphatic rings. The molecule has 0 aliphatic carbocycles. The molecule has 20 heavy (non-hydrogen) atoms. The van der Waals surface area contributed by atoms with E-state index in [9.17, 15) is 0 Å². The first-order valence-corrected chi connectivity index (χ1v) is 6.98. The summed E-state index contributed by atoms with van der Waals surface area (Å²) in [7, 11) is 0. The second-order valence-electron chi connectivity index (χ2n) is 5.01. The van der Waals surface area contributed by atoms with Crippen LogP contribution in [-0.4, -0.2) is 52.4 Å². The Morgan fingerprint density at radius 2 is 1.90 bits per heavy atom. The van der Waals surface area contributed by atoms with Crippen molar-refractivity contribution in [2.75, 3.05) is 43.4 Å². The van der Waals surface area contributed by atoms with Gasteiger partial charge in [0.15, 0.2) is 5.82 Å². The molecule has 106 valence electrons. The minimum atomic E-state index is 0.762. The average molecular weight is 272 g/mol. The Morgan fingerprint density at radius 1 is 1.05 bits per heavy atom. The summed E-state index contributed by atoms with van der Waals surface area (Å²) >= 11 is 0. The van der Waals surface area contributed by atoms with E-state index >= 15 is 0 Å². The molecule has 3 heterocycles. The Hall–Kier alpha value is -2.08. The number of hydrogen-bond donors (Lipinski definition) is 1. The lowest BCUT2D eigenvalue weighted by Crippen LogP contribution is -2.47. The van der Waals surface area contributed by atoms with Crippen LogP contribution in [0, 0.1) is 0 Å². The van der Waals surface area contributed by atoms with Crippen LogP contribution in [-0.2, 0) is 6.54 Å². The molecule has 0 bridgehead atoms. The van der Waals surface area contributed by atoms with Crippen LogP contribution in [0.25, 0.3) is 0 Å². The molecule has 2 aromatic heterocycles. The summed E-state index contributed by atoms with van der Waals surface area (Å²) < 4.78 is 1.98. The maximum Gasteiger partial charge on any atom is 0.151 e. The summed E-state index contributed by atoms with van der Waals surface area (Å²) in [5.74, 6) is 0.916. The van der Waals surface area contributed by atoms with Gasteiger partial charge in [0.1, 0.15) is 0 Å². The first kappa shape index (κ1) is 12.9. The molecule has 3 rings (SSSR count). The van der Waals surface area contributed by atoms with Crippen molar-refractivity contribution in [1.29, 1.82) is 0 Å². The zero-order chi connectivity index (χ0) is 13.8. The molecule has 0 saturated carbocycles. The fourth-order valence-electron chi connectivity index (χ4n) is 2.53. The van der Waals surface area contributed by atoms with E-state index in [0.29, 0.717) is 0 Å². The summed E-state index contributed by atoms with van der Waals surface area (Å²) in [6.45, 7) is 6.00. The van der Waals surface area contributed by atoms with E-state index in [2.05, 4.69) is 19.9 Å². The first-order valence-electron chi connectivity index (χ1n) is 6.98. The van der Waals surface area contributed by atoms with Gasteiger partial charge in [0.25, 0.3) is 0 Å². The third kappa shape index (κ3) is 2.91. The SMILES string of the molecule is Nc1cccnc1N1CCN(CCn2cccn2)CC1. The van der Waals surface area contributed by atoms with E-state index in [4.69, 9.17) is 5.73 Å². The molecule has 0 atom stereocenters. The first-order chi connectivity index (χ1) is 9.83. The van der Waals surface area contributed by atoms with Crippen molar-refractivity contribution in [3.63, 3.8) is 0 Å². The summed E-state index contributed by atoms with van der Waals surface area (Å²) in [6, 6.07) is 5.74. The number of pyridine rings is 1. The van der Waals surface area contributed by atoms with Crippen molar-refractivity contribution in [3.8, 4) is 0 Å². The molecule has 0 unspecified atom stereocenters. The van der Waals surface area contributed by atoms with Crippen molar-refractivity contribution < 1.29 is 0 Å². The molecule has 2 N–H and O–H groups in total. The normalized spacial score (nSPS) is 16.5. The summed E-state index contributed by atoms with van der Waals surface area (Å²) in [5.41, 5.74) is 6.74. The molecular formula is C14H20N6. The van der Waals surface area contributed by atoms with Gasteiger partial charge in [0.2, 0.25) is 0 Å².